The molecule has 0 amide bonds. The van der Waals surface area contributed by atoms with Crippen LogP contribution in [-0.2, 0) is 14.2 Å². The van der Waals surface area contributed by atoms with Crippen LogP contribution in [0.25, 0.3) is 0 Å². The molecule has 2 aliphatic rings. The Hall–Kier alpha value is -0.440. The van der Waals surface area contributed by atoms with Gasteiger partial charge in [0.2, 0.25) is 5.79 Å². The molecule has 9 atom stereocenters. The first-order chi connectivity index (χ1) is 11.3. The van der Waals surface area contributed by atoms with Crippen molar-refractivity contribution in [3.8, 4) is 0 Å². The molecule has 0 spiro atoms. The SMILES string of the molecule is OC[C@@H]1O[C@](O)(CO)C(OCC2[C@@H](O)O[C@@H]([C@@H](O)CO)[C@H]2O)[C@H]1O. The Morgan fingerprint density at radius 3 is 2.29 bits per heavy atom. The molecular weight excluding hydrogens is 332 g/mol. The Morgan fingerprint density at radius 2 is 1.75 bits per heavy atom. The lowest BCUT2D eigenvalue weighted by Gasteiger charge is -2.29. The van der Waals surface area contributed by atoms with E-state index in [2.05, 4.69) is 0 Å². The number of hydrogen-bond acceptors (Lipinski definition) is 11. The van der Waals surface area contributed by atoms with Gasteiger partial charge in [-0.05, 0) is 0 Å². The van der Waals surface area contributed by atoms with Crippen LogP contribution in [0.2, 0.25) is 0 Å². The molecule has 2 saturated heterocycles. The summed E-state index contributed by atoms with van der Waals surface area (Å²) in [6.07, 6.45) is -9.60. The second-order valence-electron chi connectivity index (χ2n) is 5.98. The molecule has 0 radical (unpaired) electrons. The van der Waals surface area contributed by atoms with Crippen molar-refractivity contribution in [2.45, 2.75) is 48.7 Å². The molecule has 2 aliphatic heterocycles. The predicted molar refractivity (Wildman–Crippen MR) is 73.2 cm³/mol. The molecule has 2 heterocycles. The normalized spacial score (nSPS) is 47.2. The van der Waals surface area contributed by atoms with Gasteiger partial charge in [0.25, 0.3) is 0 Å². The first-order valence-corrected chi connectivity index (χ1v) is 7.51. The first-order valence-electron chi connectivity index (χ1n) is 7.51. The highest BCUT2D eigenvalue weighted by Gasteiger charge is 2.55. The molecule has 0 aromatic carbocycles. The van der Waals surface area contributed by atoms with Crippen LogP contribution in [0.15, 0.2) is 0 Å². The largest absolute Gasteiger partial charge is 0.394 e. The van der Waals surface area contributed by atoms with Gasteiger partial charge in [-0.15, -0.1) is 0 Å². The molecule has 2 unspecified atom stereocenters. The zero-order chi connectivity index (χ0) is 18.1. The van der Waals surface area contributed by atoms with Crippen LogP contribution in [0.3, 0.4) is 0 Å². The van der Waals surface area contributed by atoms with Gasteiger partial charge in [0, 0.05) is 0 Å². The summed E-state index contributed by atoms with van der Waals surface area (Å²) in [7, 11) is 0. The third-order valence-corrected chi connectivity index (χ3v) is 4.37. The Labute approximate surface area is 137 Å². The highest BCUT2D eigenvalue weighted by molar-refractivity contribution is 4.97. The van der Waals surface area contributed by atoms with E-state index in [9.17, 15) is 30.6 Å². The second-order valence-corrected chi connectivity index (χ2v) is 5.98. The number of ether oxygens (including phenoxy) is 3. The molecule has 2 fully saturated rings. The van der Waals surface area contributed by atoms with E-state index in [1.807, 2.05) is 0 Å². The van der Waals surface area contributed by atoms with Gasteiger partial charge in [0.15, 0.2) is 6.29 Å². The lowest BCUT2D eigenvalue weighted by molar-refractivity contribution is -0.260. The standard InChI is InChI=1S/C13H24O11/c14-1-6(17)10-8(18)5(12(20)23-10)3-22-11-9(19)7(2-15)24-13(11,21)4-16/h5-12,14-21H,1-4H2/t5?,6-,7-,8-,9-,10-,11?,12-,13+/m0/s1. The molecule has 11 nitrogen and oxygen atoms in total. The van der Waals surface area contributed by atoms with Crippen LogP contribution >= 0.6 is 0 Å². The van der Waals surface area contributed by atoms with Crippen molar-refractivity contribution in [2.24, 2.45) is 5.92 Å². The molecule has 0 aliphatic carbocycles. The maximum Gasteiger partial charge on any atom is 0.219 e. The summed E-state index contributed by atoms with van der Waals surface area (Å²) < 4.78 is 15.2. The lowest BCUT2D eigenvalue weighted by atomic mass is 9.98. The number of rotatable bonds is 7. The van der Waals surface area contributed by atoms with Crippen LogP contribution < -0.4 is 0 Å². The number of aliphatic hydroxyl groups is 8. The Balaban J connectivity index is 2.01. The van der Waals surface area contributed by atoms with E-state index in [4.69, 9.17) is 24.4 Å². The van der Waals surface area contributed by atoms with Gasteiger partial charge < -0.3 is 55.1 Å². The summed E-state index contributed by atoms with van der Waals surface area (Å²) in [5.74, 6) is -3.30. The van der Waals surface area contributed by atoms with E-state index >= 15 is 0 Å². The van der Waals surface area contributed by atoms with Crippen molar-refractivity contribution in [1.82, 2.24) is 0 Å². The molecule has 24 heavy (non-hydrogen) atoms. The van der Waals surface area contributed by atoms with Gasteiger partial charge >= 0.3 is 0 Å². The van der Waals surface area contributed by atoms with Gasteiger partial charge in [0.1, 0.15) is 30.5 Å². The number of hydrogen-bond donors (Lipinski definition) is 8. The quantitative estimate of drug-likeness (QED) is 0.218. The zero-order valence-electron chi connectivity index (χ0n) is 12.7. The maximum atomic E-state index is 10.1. The molecule has 0 saturated carbocycles. The highest BCUT2D eigenvalue weighted by Crippen LogP contribution is 2.34. The average molecular weight is 356 g/mol. The fraction of sp³-hybridized carbons (Fsp3) is 1.00. The van der Waals surface area contributed by atoms with E-state index in [0.717, 1.165) is 0 Å². The summed E-state index contributed by atoms with van der Waals surface area (Å²) in [4.78, 5) is 0. The van der Waals surface area contributed by atoms with Gasteiger partial charge in [-0.1, -0.05) is 0 Å². The predicted octanol–water partition coefficient (Wildman–Crippen LogP) is -5.15. The summed E-state index contributed by atoms with van der Waals surface area (Å²) >= 11 is 0. The van der Waals surface area contributed by atoms with E-state index in [1.54, 1.807) is 0 Å². The summed E-state index contributed by atoms with van der Waals surface area (Å²) in [6.45, 7) is -2.63. The zero-order valence-corrected chi connectivity index (χ0v) is 12.7. The summed E-state index contributed by atoms with van der Waals surface area (Å²) in [6, 6.07) is 0. The minimum absolute atomic E-state index is 0.414. The van der Waals surface area contributed by atoms with Crippen molar-refractivity contribution in [1.29, 1.82) is 0 Å². The van der Waals surface area contributed by atoms with Gasteiger partial charge in [0.05, 0.1) is 38.4 Å². The fourth-order valence-corrected chi connectivity index (χ4v) is 2.93. The van der Waals surface area contributed by atoms with E-state index in [1.165, 1.54) is 0 Å². The second kappa shape index (κ2) is 7.85. The van der Waals surface area contributed by atoms with Crippen molar-refractivity contribution >= 4 is 0 Å². The van der Waals surface area contributed by atoms with Gasteiger partial charge in [-0.2, -0.15) is 0 Å². The van der Waals surface area contributed by atoms with Crippen LogP contribution in [0.1, 0.15) is 0 Å². The molecule has 2 rings (SSSR count). The van der Waals surface area contributed by atoms with E-state index in [-0.39, 0.29) is 0 Å². The van der Waals surface area contributed by atoms with Crippen molar-refractivity contribution in [3.63, 3.8) is 0 Å². The third-order valence-electron chi connectivity index (χ3n) is 4.37. The molecule has 11 heteroatoms. The first kappa shape index (κ1) is 19.9. The van der Waals surface area contributed by atoms with Crippen molar-refractivity contribution in [2.75, 3.05) is 26.4 Å². The number of aliphatic hydroxyl groups excluding tert-OH is 7. The fourth-order valence-electron chi connectivity index (χ4n) is 2.93. The molecular formula is C13H24O11. The van der Waals surface area contributed by atoms with Crippen LogP contribution in [0, 0.1) is 5.92 Å². The topological polar surface area (TPSA) is 190 Å². The van der Waals surface area contributed by atoms with Gasteiger partial charge in [-0.3, -0.25) is 0 Å². The Morgan fingerprint density at radius 1 is 1.08 bits per heavy atom. The van der Waals surface area contributed by atoms with Gasteiger partial charge in [-0.25, -0.2) is 0 Å². The Bertz CT molecular complexity index is 409. The molecule has 8 N–H and O–H groups in total. The molecule has 0 aromatic rings. The van der Waals surface area contributed by atoms with Crippen molar-refractivity contribution in [3.05, 3.63) is 0 Å². The van der Waals surface area contributed by atoms with Crippen LogP contribution in [-0.4, -0.2) is 116 Å². The summed E-state index contributed by atoms with van der Waals surface area (Å²) in [5.41, 5.74) is 0. The highest BCUT2D eigenvalue weighted by atomic mass is 16.7. The van der Waals surface area contributed by atoms with Crippen LogP contribution in [0.5, 0.6) is 0 Å². The lowest BCUT2D eigenvalue weighted by Crippen LogP contribution is -2.49. The monoisotopic (exact) mass is 356 g/mol. The van der Waals surface area contributed by atoms with E-state index < -0.39 is 81.0 Å². The molecule has 0 bridgehead atoms. The van der Waals surface area contributed by atoms with Crippen molar-refractivity contribution < 1.29 is 55.1 Å². The van der Waals surface area contributed by atoms with E-state index in [0.29, 0.717) is 0 Å². The average Bonchev–Trinajstić information content (AvgIpc) is 2.99. The Kier molecular flexibility index (Phi) is 6.50. The maximum absolute atomic E-state index is 10.1. The van der Waals surface area contributed by atoms with Crippen LogP contribution in [0.4, 0.5) is 0 Å². The minimum Gasteiger partial charge on any atom is -0.394 e. The molecule has 142 valence electrons. The summed E-state index contributed by atoms with van der Waals surface area (Å²) in [5, 5.41) is 76.7. The smallest absolute Gasteiger partial charge is 0.219 e. The molecule has 0 aromatic heterocycles. The third kappa shape index (κ3) is 3.57. The minimum atomic E-state index is -2.26.